The summed E-state index contributed by atoms with van der Waals surface area (Å²) in [4.78, 5) is 0. The molecular formula is C16H22N6O2S. The van der Waals surface area contributed by atoms with E-state index in [1.165, 1.54) is 11.8 Å². The van der Waals surface area contributed by atoms with Crippen LogP contribution in [0.25, 0.3) is 0 Å². The molecule has 0 fully saturated rings. The van der Waals surface area contributed by atoms with Crippen molar-refractivity contribution in [2.24, 2.45) is 30.7 Å². The second kappa shape index (κ2) is 11.1. The third kappa shape index (κ3) is 7.71. The molecule has 0 saturated heterocycles. The van der Waals surface area contributed by atoms with Gasteiger partial charge in [-0.3, -0.25) is 0 Å². The minimum Gasteiger partial charge on any atom is -0.411 e. The Morgan fingerprint density at radius 1 is 1.00 bits per heavy atom. The topological polar surface area (TPSA) is 115 Å². The van der Waals surface area contributed by atoms with Gasteiger partial charge in [0.05, 0.1) is 17.1 Å². The molecule has 0 aliphatic heterocycles. The summed E-state index contributed by atoms with van der Waals surface area (Å²) in [6.45, 7) is 6.71. The Morgan fingerprint density at radius 2 is 1.68 bits per heavy atom. The molecule has 25 heavy (non-hydrogen) atoms. The van der Waals surface area contributed by atoms with Crippen LogP contribution in [0.4, 0.5) is 0 Å². The molecule has 9 heteroatoms. The molecule has 0 amide bonds. The second-order valence-electron chi connectivity index (χ2n) is 5.16. The van der Waals surface area contributed by atoms with E-state index < -0.39 is 0 Å². The lowest BCUT2D eigenvalue weighted by atomic mass is 10.2. The van der Waals surface area contributed by atoms with Crippen LogP contribution < -0.4 is 0 Å². The summed E-state index contributed by atoms with van der Waals surface area (Å²) in [5.74, 6) is 0.655. The van der Waals surface area contributed by atoms with Gasteiger partial charge in [-0.15, -0.1) is 10.2 Å². The van der Waals surface area contributed by atoms with Gasteiger partial charge in [-0.1, -0.05) is 52.4 Å². The van der Waals surface area contributed by atoms with E-state index >= 15 is 0 Å². The Labute approximate surface area is 151 Å². The van der Waals surface area contributed by atoms with Crippen molar-refractivity contribution in [3.63, 3.8) is 0 Å². The van der Waals surface area contributed by atoms with Gasteiger partial charge in [0.1, 0.15) is 6.04 Å². The number of hydrogen-bond acceptors (Lipinski definition) is 8. The highest BCUT2D eigenvalue weighted by atomic mass is 32.2. The smallest absolute Gasteiger partial charge is 0.229 e. The number of azo groups is 1. The van der Waals surface area contributed by atoms with Crippen molar-refractivity contribution in [3.8, 4) is 0 Å². The number of nitrogens with zero attached hydrogens (tertiary/aromatic N) is 6. The fourth-order valence-electron chi connectivity index (χ4n) is 1.37. The molecule has 0 aliphatic rings. The number of thioether (sulfide) groups is 1. The summed E-state index contributed by atoms with van der Waals surface area (Å²) in [5, 5.41) is 40.4. The summed E-state index contributed by atoms with van der Waals surface area (Å²) in [6, 6.07) is 9.50. The second-order valence-corrected chi connectivity index (χ2v) is 6.10. The monoisotopic (exact) mass is 362 g/mol. The van der Waals surface area contributed by atoms with Gasteiger partial charge in [0, 0.05) is 5.75 Å². The third-order valence-corrected chi connectivity index (χ3v) is 4.15. The SMILES string of the molecule is CC(=N\O)/C(C)=N/N=C(\N=NC(C)/C(C)=N/O)SCc1ccccc1. The normalized spacial score (nSPS) is 15.7. The average Bonchev–Trinajstić information content (AvgIpc) is 2.66. The minimum atomic E-state index is -0.377. The quantitative estimate of drug-likeness (QED) is 0.260. The first-order chi connectivity index (χ1) is 12.0. The number of hydrogen-bond donors (Lipinski definition) is 2. The van der Waals surface area contributed by atoms with E-state index in [0.29, 0.717) is 28.1 Å². The predicted octanol–water partition coefficient (Wildman–Crippen LogP) is 4.19. The maximum absolute atomic E-state index is 8.78. The molecule has 0 spiro atoms. The summed E-state index contributed by atoms with van der Waals surface area (Å²) < 4.78 is 0. The van der Waals surface area contributed by atoms with Crippen LogP contribution in [0.5, 0.6) is 0 Å². The van der Waals surface area contributed by atoms with Gasteiger partial charge in [-0.05, 0) is 33.3 Å². The third-order valence-electron chi connectivity index (χ3n) is 3.25. The van der Waals surface area contributed by atoms with Gasteiger partial charge < -0.3 is 10.4 Å². The van der Waals surface area contributed by atoms with E-state index in [9.17, 15) is 0 Å². The van der Waals surface area contributed by atoms with Crippen molar-refractivity contribution in [1.82, 2.24) is 0 Å². The van der Waals surface area contributed by atoms with Crippen molar-refractivity contribution in [3.05, 3.63) is 35.9 Å². The van der Waals surface area contributed by atoms with Crippen LogP contribution in [0.15, 0.2) is 61.1 Å². The maximum atomic E-state index is 8.78. The largest absolute Gasteiger partial charge is 0.411 e. The van der Waals surface area contributed by atoms with Gasteiger partial charge in [-0.25, -0.2) is 0 Å². The zero-order valence-corrected chi connectivity index (χ0v) is 15.5. The Hall–Kier alpha value is -2.55. The highest BCUT2D eigenvalue weighted by Crippen LogP contribution is 2.15. The first-order valence-electron chi connectivity index (χ1n) is 7.55. The highest BCUT2D eigenvalue weighted by molar-refractivity contribution is 8.13. The lowest BCUT2D eigenvalue weighted by molar-refractivity contribution is 0.316. The Morgan fingerprint density at radius 3 is 2.28 bits per heavy atom. The zero-order valence-electron chi connectivity index (χ0n) is 14.7. The Bertz CT molecular complexity index is 698. The molecule has 0 heterocycles. The highest BCUT2D eigenvalue weighted by Gasteiger charge is 2.06. The molecule has 0 bridgehead atoms. The fourth-order valence-corrected chi connectivity index (χ4v) is 2.06. The number of rotatable bonds is 6. The van der Waals surface area contributed by atoms with E-state index in [2.05, 4.69) is 30.7 Å². The molecule has 0 radical (unpaired) electrons. The van der Waals surface area contributed by atoms with Gasteiger partial charge >= 0.3 is 0 Å². The summed E-state index contributed by atoms with van der Waals surface area (Å²) in [7, 11) is 0. The van der Waals surface area contributed by atoms with Gasteiger partial charge in [-0.2, -0.15) is 10.2 Å². The van der Waals surface area contributed by atoms with Crippen molar-refractivity contribution < 1.29 is 10.4 Å². The average molecular weight is 362 g/mol. The molecular weight excluding hydrogens is 340 g/mol. The molecule has 0 aliphatic carbocycles. The van der Waals surface area contributed by atoms with Gasteiger partial charge in [0.25, 0.3) is 0 Å². The van der Waals surface area contributed by atoms with E-state index in [0.717, 1.165) is 5.56 Å². The zero-order chi connectivity index (χ0) is 18.7. The number of amidine groups is 1. The van der Waals surface area contributed by atoms with E-state index in [1.807, 2.05) is 30.3 Å². The first kappa shape index (κ1) is 20.5. The van der Waals surface area contributed by atoms with E-state index in [1.54, 1.807) is 27.7 Å². The van der Waals surface area contributed by atoms with Gasteiger partial charge in [0.2, 0.25) is 5.17 Å². The van der Waals surface area contributed by atoms with Crippen LogP contribution in [0.3, 0.4) is 0 Å². The summed E-state index contributed by atoms with van der Waals surface area (Å²) in [5.41, 5.74) is 2.39. The van der Waals surface area contributed by atoms with Crippen LogP contribution in [-0.2, 0) is 5.75 Å². The summed E-state index contributed by atoms with van der Waals surface area (Å²) in [6.07, 6.45) is 0. The molecule has 0 saturated carbocycles. The molecule has 1 atom stereocenters. The molecule has 134 valence electrons. The number of benzene rings is 1. The predicted molar refractivity (Wildman–Crippen MR) is 102 cm³/mol. The van der Waals surface area contributed by atoms with Crippen LogP contribution in [-0.4, -0.2) is 38.8 Å². The van der Waals surface area contributed by atoms with Crippen LogP contribution in [0.2, 0.25) is 0 Å². The van der Waals surface area contributed by atoms with Gasteiger partial charge in [0.15, 0.2) is 0 Å². The van der Waals surface area contributed by atoms with Crippen molar-refractivity contribution in [2.45, 2.75) is 39.5 Å². The maximum Gasteiger partial charge on any atom is 0.229 e. The Kier molecular flexibility index (Phi) is 9.09. The van der Waals surface area contributed by atoms with E-state index in [4.69, 9.17) is 10.4 Å². The lowest BCUT2D eigenvalue weighted by Gasteiger charge is -2.03. The van der Waals surface area contributed by atoms with Crippen LogP contribution >= 0.6 is 11.8 Å². The molecule has 1 aromatic carbocycles. The minimum absolute atomic E-state index is 0.353. The van der Waals surface area contributed by atoms with Crippen LogP contribution in [0, 0.1) is 0 Å². The molecule has 1 aromatic rings. The van der Waals surface area contributed by atoms with Crippen molar-refractivity contribution in [2.75, 3.05) is 0 Å². The summed E-state index contributed by atoms with van der Waals surface area (Å²) >= 11 is 1.37. The fraction of sp³-hybridized carbons (Fsp3) is 0.375. The first-order valence-corrected chi connectivity index (χ1v) is 8.53. The number of oxime groups is 2. The molecule has 0 aromatic heterocycles. The molecule has 2 N–H and O–H groups in total. The Balaban J connectivity index is 2.95. The molecule has 1 unspecified atom stereocenters. The van der Waals surface area contributed by atoms with Crippen molar-refractivity contribution >= 4 is 34.1 Å². The molecule has 8 nitrogen and oxygen atoms in total. The van der Waals surface area contributed by atoms with Crippen LogP contribution in [0.1, 0.15) is 33.3 Å². The lowest BCUT2D eigenvalue weighted by Crippen LogP contribution is -2.10. The van der Waals surface area contributed by atoms with E-state index in [-0.39, 0.29) is 6.04 Å². The molecule has 1 rings (SSSR count). The standard InChI is InChI=1S/C16H22N6O2S/c1-11(13(3)21-23)17-19-16(20-18-12(2)14(4)22-24)25-10-15-8-6-5-7-9-15/h5-9,11,23-24H,10H2,1-4H3/b18-12+,19-17?,20-16+,21-13+,22-14+. The van der Waals surface area contributed by atoms with Crippen molar-refractivity contribution in [1.29, 1.82) is 0 Å².